The Morgan fingerprint density at radius 1 is 0.952 bits per heavy atom. The van der Waals surface area contributed by atoms with Crippen molar-refractivity contribution in [1.82, 2.24) is 0 Å². The second-order valence-electron chi connectivity index (χ2n) is 5.40. The van der Waals surface area contributed by atoms with E-state index in [9.17, 15) is 0 Å². The van der Waals surface area contributed by atoms with Gasteiger partial charge in [-0.05, 0) is 49.4 Å². The van der Waals surface area contributed by atoms with Crippen molar-refractivity contribution in [3.8, 4) is 6.07 Å². The maximum Gasteiger partial charge on any atom is 0.0994 e. The van der Waals surface area contributed by atoms with Crippen molar-refractivity contribution in [2.75, 3.05) is 0 Å². The third-order valence-electron chi connectivity index (χ3n) is 3.74. The van der Waals surface area contributed by atoms with E-state index in [0.717, 1.165) is 24.0 Å². The summed E-state index contributed by atoms with van der Waals surface area (Å²) in [6.45, 7) is 4.06. The van der Waals surface area contributed by atoms with Crippen LogP contribution in [0.4, 0.5) is 0 Å². The Bertz CT molecular complexity index is 640. The second-order valence-corrected chi connectivity index (χ2v) is 5.40. The zero-order valence-electron chi connectivity index (χ0n) is 12.5. The molecule has 0 unspecified atom stereocenters. The Labute approximate surface area is 133 Å². The first-order valence-corrected chi connectivity index (χ1v) is 6.87. The quantitative estimate of drug-likeness (QED) is 0.856. The molecule has 2 N–H and O–H groups in total. The molecule has 1 aliphatic rings. The van der Waals surface area contributed by atoms with Crippen molar-refractivity contribution in [1.29, 1.82) is 5.26 Å². The Morgan fingerprint density at radius 3 is 1.90 bits per heavy atom. The van der Waals surface area contributed by atoms with Crippen LogP contribution >= 0.6 is 12.4 Å². The molecule has 0 atom stereocenters. The van der Waals surface area contributed by atoms with Gasteiger partial charge in [-0.25, -0.2) is 0 Å². The van der Waals surface area contributed by atoms with E-state index in [1.807, 2.05) is 31.2 Å². The average Bonchev–Trinajstić information content (AvgIpc) is 3.19. The van der Waals surface area contributed by atoms with E-state index in [2.05, 4.69) is 37.3 Å². The molecule has 0 saturated heterocycles. The van der Waals surface area contributed by atoms with E-state index < -0.39 is 0 Å². The molecule has 0 bridgehead atoms. The Morgan fingerprint density at radius 2 is 1.48 bits per heavy atom. The zero-order chi connectivity index (χ0) is 14.6. The fourth-order valence-electron chi connectivity index (χ4n) is 2.23. The van der Waals surface area contributed by atoms with Crippen LogP contribution in [-0.2, 0) is 5.54 Å². The lowest BCUT2D eigenvalue weighted by molar-refractivity contribution is 0.733. The van der Waals surface area contributed by atoms with Crippen molar-refractivity contribution in [3.63, 3.8) is 0 Å². The summed E-state index contributed by atoms with van der Waals surface area (Å²) in [4.78, 5) is 0. The number of nitriles is 1. The predicted molar refractivity (Wildman–Crippen MR) is 89.4 cm³/mol. The molecule has 2 aromatic rings. The minimum atomic E-state index is 0. The summed E-state index contributed by atoms with van der Waals surface area (Å²) < 4.78 is 0. The Balaban J connectivity index is 0.000000205. The minimum Gasteiger partial charge on any atom is -0.321 e. The van der Waals surface area contributed by atoms with Gasteiger partial charge in [0.15, 0.2) is 0 Å². The van der Waals surface area contributed by atoms with E-state index in [4.69, 9.17) is 11.0 Å². The highest BCUT2D eigenvalue weighted by atomic mass is 35.5. The zero-order valence-corrected chi connectivity index (χ0v) is 13.3. The van der Waals surface area contributed by atoms with Crippen LogP contribution in [-0.4, -0.2) is 0 Å². The summed E-state index contributed by atoms with van der Waals surface area (Å²) in [5.74, 6) is 0. The molecule has 1 aliphatic carbocycles. The van der Waals surface area contributed by atoms with Crippen LogP contribution in [0.25, 0.3) is 0 Å². The van der Waals surface area contributed by atoms with E-state index in [0.29, 0.717) is 0 Å². The van der Waals surface area contributed by atoms with Crippen LogP contribution in [0.2, 0.25) is 0 Å². The first-order chi connectivity index (χ1) is 9.57. The van der Waals surface area contributed by atoms with Crippen molar-refractivity contribution >= 4 is 12.4 Å². The molecule has 3 rings (SSSR count). The monoisotopic (exact) mass is 300 g/mol. The van der Waals surface area contributed by atoms with Gasteiger partial charge in [0.2, 0.25) is 0 Å². The fraction of sp³-hybridized carbons (Fsp3) is 0.278. The smallest absolute Gasteiger partial charge is 0.0994 e. The van der Waals surface area contributed by atoms with Crippen molar-refractivity contribution in [2.45, 2.75) is 32.2 Å². The summed E-state index contributed by atoms with van der Waals surface area (Å²) >= 11 is 0. The maximum absolute atomic E-state index is 8.47. The summed E-state index contributed by atoms with van der Waals surface area (Å²) in [5, 5.41) is 8.47. The maximum atomic E-state index is 8.47. The second kappa shape index (κ2) is 7.26. The summed E-state index contributed by atoms with van der Waals surface area (Å²) in [6.07, 6.45) is 2.30. The highest BCUT2D eigenvalue weighted by Crippen LogP contribution is 2.43. The number of aryl methyl sites for hydroxylation is 2. The third kappa shape index (κ3) is 4.32. The number of benzene rings is 2. The van der Waals surface area contributed by atoms with Gasteiger partial charge in [-0.15, -0.1) is 12.4 Å². The third-order valence-corrected chi connectivity index (χ3v) is 3.74. The Kier molecular flexibility index (Phi) is 5.96. The largest absolute Gasteiger partial charge is 0.321 e. The molecule has 0 aromatic heterocycles. The van der Waals surface area contributed by atoms with Crippen LogP contribution in [0.3, 0.4) is 0 Å². The first kappa shape index (κ1) is 17.2. The van der Waals surface area contributed by atoms with Gasteiger partial charge in [0, 0.05) is 5.54 Å². The van der Waals surface area contributed by atoms with Crippen molar-refractivity contribution < 1.29 is 0 Å². The van der Waals surface area contributed by atoms with Gasteiger partial charge < -0.3 is 5.73 Å². The molecular weight excluding hydrogens is 280 g/mol. The van der Waals surface area contributed by atoms with Gasteiger partial charge in [0.1, 0.15) is 0 Å². The van der Waals surface area contributed by atoms with Crippen molar-refractivity contribution in [3.05, 3.63) is 70.8 Å². The van der Waals surface area contributed by atoms with Gasteiger partial charge in [-0.3, -0.25) is 0 Å². The number of hydrogen-bond donors (Lipinski definition) is 1. The van der Waals surface area contributed by atoms with E-state index in [1.165, 1.54) is 11.1 Å². The van der Waals surface area contributed by atoms with Gasteiger partial charge in [0.05, 0.1) is 11.6 Å². The number of halogens is 1. The van der Waals surface area contributed by atoms with E-state index in [1.54, 1.807) is 0 Å². The summed E-state index contributed by atoms with van der Waals surface area (Å²) in [7, 11) is 0. The molecule has 0 aliphatic heterocycles. The highest BCUT2D eigenvalue weighted by Gasteiger charge is 2.40. The SMILES string of the molecule is Cc1ccccc1C#N.Cc1ccccc1C1(N)CC1.Cl. The van der Waals surface area contributed by atoms with E-state index in [-0.39, 0.29) is 17.9 Å². The molecule has 21 heavy (non-hydrogen) atoms. The topological polar surface area (TPSA) is 49.8 Å². The molecular formula is C18H21ClN2. The van der Waals surface area contributed by atoms with Gasteiger partial charge >= 0.3 is 0 Å². The van der Waals surface area contributed by atoms with Gasteiger partial charge in [-0.2, -0.15) is 5.26 Å². The molecule has 0 spiro atoms. The lowest BCUT2D eigenvalue weighted by atomic mass is 10.0. The first-order valence-electron chi connectivity index (χ1n) is 6.87. The Hall–Kier alpha value is -1.82. The van der Waals surface area contributed by atoms with Crippen LogP contribution in [0.5, 0.6) is 0 Å². The molecule has 1 saturated carbocycles. The summed E-state index contributed by atoms with van der Waals surface area (Å²) in [5.41, 5.74) is 10.6. The number of hydrogen-bond acceptors (Lipinski definition) is 2. The molecule has 0 heterocycles. The number of rotatable bonds is 1. The van der Waals surface area contributed by atoms with Gasteiger partial charge in [-0.1, -0.05) is 42.5 Å². The summed E-state index contributed by atoms with van der Waals surface area (Å²) in [6, 6.07) is 18.0. The average molecular weight is 301 g/mol. The van der Waals surface area contributed by atoms with Crippen LogP contribution in [0, 0.1) is 25.2 Å². The standard InChI is InChI=1S/C10H13N.C8H7N.ClH/c1-8-4-2-3-5-9(8)10(11)6-7-10;1-7-4-2-3-5-8(7)6-9;/h2-5H,6-7,11H2,1H3;2-5H,1H3;1H. The molecule has 1 fully saturated rings. The van der Waals surface area contributed by atoms with Crippen LogP contribution < -0.4 is 5.73 Å². The number of nitrogens with two attached hydrogens (primary N) is 1. The predicted octanol–water partition coefficient (Wildman–Crippen LogP) is 4.23. The molecule has 3 heteroatoms. The molecule has 0 radical (unpaired) electrons. The van der Waals surface area contributed by atoms with Crippen LogP contribution in [0.15, 0.2) is 48.5 Å². The lowest BCUT2D eigenvalue weighted by Gasteiger charge is -2.11. The highest BCUT2D eigenvalue weighted by molar-refractivity contribution is 5.85. The fourth-order valence-corrected chi connectivity index (χ4v) is 2.23. The molecule has 110 valence electrons. The molecule has 2 nitrogen and oxygen atoms in total. The molecule has 0 amide bonds. The van der Waals surface area contributed by atoms with Gasteiger partial charge in [0.25, 0.3) is 0 Å². The molecule has 2 aromatic carbocycles. The number of nitrogens with zero attached hydrogens (tertiary/aromatic N) is 1. The lowest BCUT2D eigenvalue weighted by Crippen LogP contribution is -2.19. The van der Waals surface area contributed by atoms with E-state index >= 15 is 0 Å². The minimum absolute atomic E-state index is 0. The normalized spacial score (nSPS) is 14.0. The van der Waals surface area contributed by atoms with Crippen LogP contribution in [0.1, 0.15) is 35.1 Å². The van der Waals surface area contributed by atoms with Crippen molar-refractivity contribution in [2.24, 2.45) is 5.73 Å².